The van der Waals surface area contributed by atoms with Gasteiger partial charge in [-0.3, -0.25) is 9.36 Å². The molecule has 7 nitrogen and oxygen atoms in total. The fraction of sp³-hybridized carbons (Fsp3) is 0.226. The molecule has 4 rings (SSSR count). The summed E-state index contributed by atoms with van der Waals surface area (Å²) in [6.07, 6.45) is -0.722. The lowest BCUT2D eigenvalue weighted by molar-refractivity contribution is -0.145. The first-order valence-corrected chi connectivity index (χ1v) is 14.8. The minimum atomic E-state index is -3.93. The van der Waals surface area contributed by atoms with Gasteiger partial charge in [-0.15, -0.1) is 0 Å². The van der Waals surface area contributed by atoms with E-state index < -0.39 is 25.2 Å². The monoisotopic (exact) mass is 545 g/mol. The third-order valence-electron chi connectivity index (χ3n) is 6.38. The zero-order valence-electron chi connectivity index (χ0n) is 21.6. The van der Waals surface area contributed by atoms with Crippen LogP contribution in [0.3, 0.4) is 0 Å². The van der Waals surface area contributed by atoms with Crippen LogP contribution in [0.1, 0.15) is 29.5 Å². The zero-order chi connectivity index (χ0) is 27.5. The fourth-order valence-electron chi connectivity index (χ4n) is 4.18. The van der Waals surface area contributed by atoms with Crippen LogP contribution >= 0.6 is 7.37 Å². The van der Waals surface area contributed by atoms with Gasteiger partial charge in [-0.25, -0.2) is 4.79 Å². The number of hydrogen-bond donors (Lipinski definition) is 2. The van der Waals surface area contributed by atoms with Crippen LogP contribution in [0.15, 0.2) is 103 Å². The minimum Gasteiger partial charge on any atom is -0.461 e. The summed E-state index contributed by atoms with van der Waals surface area (Å²) in [6.45, 7) is 0.126. The van der Waals surface area contributed by atoms with Gasteiger partial charge < -0.3 is 19.7 Å². The summed E-state index contributed by atoms with van der Waals surface area (Å²) in [7, 11) is -3.93. The lowest BCUT2D eigenvalue weighted by Crippen LogP contribution is -2.36. The second-order valence-corrected chi connectivity index (χ2v) is 11.9. The number of benzene rings is 4. The highest BCUT2D eigenvalue weighted by molar-refractivity contribution is 7.58. The van der Waals surface area contributed by atoms with Gasteiger partial charge in [-0.05, 0) is 40.3 Å². The highest BCUT2D eigenvalue weighted by Gasteiger charge is 2.33. The van der Waals surface area contributed by atoms with Gasteiger partial charge in [0.1, 0.15) is 19.0 Å². The molecule has 0 spiro atoms. The maximum Gasteiger partial charge on any atom is 0.408 e. The molecule has 39 heavy (non-hydrogen) atoms. The van der Waals surface area contributed by atoms with Crippen molar-refractivity contribution in [1.29, 1.82) is 0 Å². The van der Waals surface area contributed by atoms with Crippen LogP contribution in [-0.2, 0) is 38.5 Å². The van der Waals surface area contributed by atoms with Gasteiger partial charge >= 0.3 is 12.1 Å². The number of ether oxygens (including phenoxy) is 2. The Labute approximate surface area is 228 Å². The summed E-state index contributed by atoms with van der Waals surface area (Å²) in [6, 6.07) is 32.2. The topological polar surface area (TPSA) is 102 Å². The normalized spacial score (nSPS) is 13.3. The van der Waals surface area contributed by atoms with Gasteiger partial charge in [-0.2, -0.15) is 0 Å². The number of amides is 1. The van der Waals surface area contributed by atoms with E-state index in [1.54, 1.807) is 0 Å². The molecule has 0 aliphatic heterocycles. The average molecular weight is 546 g/mol. The maximum atomic E-state index is 13.5. The summed E-state index contributed by atoms with van der Waals surface area (Å²) in [5, 5.41) is 4.67. The molecular formula is C31H32NO6P. The van der Waals surface area contributed by atoms with Crippen LogP contribution in [0.25, 0.3) is 10.8 Å². The van der Waals surface area contributed by atoms with E-state index in [0.717, 1.165) is 27.5 Å². The van der Waals surface area contributed by atoms with E-state index in [1.165, 1.54) is 0 Å². The molecule has 0 radical (unpaired) electrons. The van der Waals surface area contributed by atoms with Crippen molar-refractivity contribution in [2.75, 3.05) is 6.16 Å². The van der Waals surface area contributed by atoms with Gasteiger partial charge in [0.2, 0.25) is 7.37 Å². The Kier molecular flexibility index (Phi) is 9.90. The molecule has 0 aliphatic rings. The van der Waals surface area contributed by atoms with Crippen molar-refractivity contribution in [1.82, 2.24) is 5.32 Å². The van der Waals surface area contributed by atoms with Crippen molar-refractivity contribution in [3.8, 4) is 0 Å². The highest BCUT2D eigenvalue weighted by atomic mass is 31.2. The predicted octanol–water partition coefficient (Wildman–Crippen LogP) is 6.43. The van der Waals surface area contributed by atoms with E-state index in [1.807, 2.05) is 103 Å². The average Bonchev–Trinajstić information content (AvgIpc) is 2.97. The molecule has 2 atom stereocenters. The number of carbonyl (C=O) groups is 2. The molecule has 0 heterocycles. The number of nitrogens with one attached hydrogen (secondary N) is 1. The van der Waals surface area contributed by atoms with E-state index in [2.05, 4.69) is 5.32 Å². The van der Waals surface area contributed by atoms with Crippen molar-refractivity contribution in [3.05, 3.63) is 120 Å². The molecule has 0 aliphatic carbocycles. The first kappa shape index (κ1) is 28.1. The highest BCUT2D eigenvalue weighted by Crippen LogP contribution is 2.47. The molecule has 8 heteroatoms. The number of carbonyl (C=O) groups excluding carboxylic acids is 2. The molecule has 202 valence electrons. The zero-order valence-corrected chi connectivity index (χ0v) is 22.5. The Balaban J connectivity index is 1.38. The Morgan fingerprint density at radius 3 is 2.00 bits per heavy atom. The number of hydrogen-bond acceptors (Lipinski definition) is 5. The molecule has 0 aromatic heterocycles. The van der Waals surface area contributed by atoms with Crippen LogP contribution in [0.5, 0.6) is 0 Å². The molecule has 0 saturated heterocycles. The summed E-state index contributed by atoms with van der Waals surface area (Å²) in [5.74, 6) is -1.68. The van der Waals surface area contributed by atoms with Crippen LogP contribution in [0, 0.1) is 0 Å². The second kappa shape index (κ2) is 13.7. The van der Waals surface area contributed by atoms with Crippen molar-refractivity contribution in [3.63, 3.8) is 0 Å². The quantitative estimate of drug-likeness (QED) is 0.157. The van der Waals surface area contributed by atoms with Gasteiger partial charge in [0.15, 0.2) is 0 Å². The Morgan fingerprint density at radius 1 is 0.744 bits per heavy atom. The number of aryl methyl sites for hydroxylation is 1. The first-order chi connectivity index (χ1) is 18.9. The van der Waals surface area contributed by atoms with E-state index in [-0.39, 0.29) is 32.2 Å². The van der Waals surface area contributed by atoms with Crippen molar-refractivity contribution in [2.45, 2.75) is 38.3 Å². The third-order valence-corrected chi connectivity index (χ3v) is 8.61. The first-order valence-electron chi connectivity index (χ1n) is 12.8. The van der Waals surface area contributed by atoms with Crippen molar-refractivity contribution < 1.29 is 28.5 Å². The number of alkyl carbamates (subject to hydrolysis) is 1. The van der Waals surface area contributed by atoms with Gasteiger partial charge in [0, 0.05) is 12.6 Å². The molecule has 4 aromatic carbocycles. The summed E-state index contributed by atoms with van der Waals surface area (Å²) in [5.41, 5.74) is 2.54. The molecule has 4 aromatic rings. The molecule has 0 saturated carbocycles. The van der Waals surface area contributed by atoms with Crippen LogP contribution in [-0.4, -0.2) is 28.9 Å². The van der Waals surface area contributed by atoms with Crippen molar-refractivity contribution in [2.24, 2.45) is 0 Å². The lowest BCUT2D eigenvalue weighted by atomic mass is 10.1. The Hall–Kier alpha value is -3.93. The van der Waals surface area contributed by atoms with E-state index in [0.29, 0.717) is 6.42 Å². The third kappa shape index (κ3) is 8.81. The van der Waals surface area contributed by atoms with Crippen molar-refractivity contribution >= 4 is 30.2 Å². The minimum absolute atomic E-state index is 0.0192. The second-order valence-electron chi connectivity index (χ2n) is 9.32. The largest absolute Gasteiger partial charge is 0.461 e. The smallest absolute Gasteiger partial charge is 0.408 e. The molecule has 2 unspecified atom stereocenters. The number of fused-ring (bicyclic) bond motifs is 1. The van der Waals surface area contributed by atoms with E-state index in [4.69, 9.17) is 9.47 Å². The van der Waals surface area contributed by atoms with Crippen LogP contribution in [0.4, 0.5) is 4.79 Å². The molecule has 0 bridgehead atoms. The van der Waals surface area contributed by atoms with Gasteiger partial charge in [0.05, 0.1) is 0 Å². The molecule has 1 amide bonds. The molecule has 2 N–H and O–H groups in total. The lowest BCUT2D eigenvalue weighted by Gasteiger charge is -2.24. The summed E-state index contributed by atoms with van der Waals surface area (Å²) >= 11 is 0. The molecular weight excluding hydrogens is 513 g/mol. The van der Waals surface area contributed by atoms with Gasteiger partial charge in [0.25, 0.3) is 0 Å². The SMILES string of the molecule is O=C(CCC(NC(=O)OCc1ccccc1)P(=O)(O)CCc1ccc2ccccc2c1)OCc1ccccc1. The maximum absolute atomic E-state index is 13.5. The predicted molar refractivity (Wildman–Crippen MR) is 151 cm³/mol. The fourth-order valence-corrected chi connectivity index (χ4v) is 5.91. The van der Waals surface area contributed by atoms with Crippen LogP contribution < -0.4 is 5.32 Å². The van der Waals surface area contributed by atoms with E-state index >= 15 is 0 Å². The van der Waals surface area contributed by atoms with Gasteiger partial charge in [-0.1, -0.05) is 103 Å². The Bertz CT molecular complexity index is 1430. The van der Waals surface area contributed by atoms with E-state index in [9.17, 15) is 19.0 Å². The Morgan fingerprint density at radius 2 is 1.33 bits per heavy atom. The standard InChI is InChI=1S/C31H32NO6P/c33-30(37-22-25-9-3-1-4-10-25)18-17-29(32-31(34)38-23-26-11-5-2-6-12-26)39(35,36)20-19-24-15-16-27-13-7-8-14-28(27)21-24/h1-16,21,29H,17-20,22-23H2,(H,32,34)(H,35,36). The molecule has 0 fully saturated rings. The van der Waals surface area contributed by atoms with Crippen LogP contribution in [0.2, 0.25) is 0 Å². The number of esters is 1. The summed E-state index contributed by atoms with van der Waals surface area (Å²) in [4.78, 5) is 36.0. The summed E-state index contributed by atoms with van der Waals surface area (Å²) < 4.78 is 24.1. The number of rotatable bonds is 12.